The predicted molar refractivity (Wildman–Crippen MR) is 101 cm³/mol. The molecule has 128 valence electrons. The quantitative estimate of drug-likeness (QED) is 0.538. The lowest BCUT2D eigenvalue weighted by Crippen LogP contribution is -2.33. The topological polar surface area (TPSA) is 66.0 Å². The lowest BCUT2D eigenvalue weighted by atomic mass is 10.2. The first-order chi connectivity index (χ1) is 12.1. The van der Waals surface area contributed by atoms with E-state index in [4.69, 9.17) is 16.0 Å². The van der Waals surface area contributed by atoms with E-state index in [2.05, 4.69) is 21.2 Å². The summed E-state index contributed by atoms with van der Waals surface area (Å²) in [6.07, 6.45) is 5.65. The van der Waals surface area contributed by atoms with Crippen molar-refractivity contribution in [3.05, 3.63) is 51.2 Å². The number of carbonyl (C=O) groups is 1. The molecule has 1 N–H and O–H groups in total. The van der Waals surface area contributed by atoms with E-state index in [-0.39, 0.29) is 17.5 Å². The lowest BCUT2D eigenvalue weighted by Gasteiger charge is -2.10. The van der Waals surface area contributed by atoms with E-state index in [1.807, 2.05) is 18.2 Å². The molecule has 0 radical (unpaired) electrons. The van der Waals surface area contributed by atoms with Crippen molar-refractivity contribution in [2.75, 3.05) is 0 Å². The molecule has 1 amide bonds. The van der Waals surface area contributed by atoms with E-state index in [1.54, 1.807) is 18.2 Å². The Labute approximate surface area is 159 Å². The molecule has 1 aliphatic rings. The van der Waals surface area contributed by atoms with E-state index >= 15 is 0 Å². The van der Waals surface area contributed by atoms with Gasteiger partial charge < -0.3 is 9.73 Å². The monoisotopic (exact) mass is 418 g/mol. The average molecular weight is 420 g/mol. The highest BCUT2D eigenvalue weighted by molar-refractivity contribution is 9.10. The third-order valence-corrected chi connectivity index (χ3v) is 5.41. The second kappa shape index (κ2) is 7.90. The van der Waals surface area contributed by atoms with Crippen LogP contribution in [0, 0.1) is 11.3 Å². The van der Waals surface area contributed by atoms with Crippen molar-refractivity contribution in [2.45, 2.75) is 31.7 Å². The first kappa shape index (κ1) is 17.8. The highest BCUT2D eigenvalue weighted by Gasteiger charge is 2.19. The molecule has 25 heavy (non-hydrogen) atoms. The first-order valence-electron chi connectivity index (χ1n) is 8.05. The largest absolute Gasteiger partial charge is 0.457 e. The van der Waals surface area contributed by atoms with E-state index < -0.39 is 0 Å². The molecule has 1 aromatic carbocycles. The molecule has 0 spiro atoms. The van der Waals surface area contributed by atoms with Gasteiger partial charge in [0.2, 0.25) is 0 Å². The molecule has 1 fully saturated rings. The number of rotatable bonds is 4. The van der Waals surface area contributed by atoms with Gasteiger partial charge in [0.15, 0.2) is 0 Å². The Morgan fingerprint density at radius 3 is 2.76 bits per heavy atom. The minimum atomic E-state index is -0.348. The summed E-state index contributed by atoms with van der Waals surface area (Å²) in [4.78, 5) is 12.2. The number of nitrogens with zero attached hydrogens (tertiary/aromatic N) is 1. The maximum Gasteiger partial charge on any atom is 0.262 e. The summed E-state index contributed by atoms with van der Waals surface area (Å²) in [6, 6.07) is 11.1. The molecule has 1 aromatic heterocycles. The molecule has 3 rings (SSSR count). The lowest BCUT2D eigenvalue weighted by molar-refractivity contribution is -0.117. The van der Waals surface area contributed by atoms with Crippen LogP contribution in [0.15, 0.2) is 44.8 Å². The first-order valence-corrected chi connectivity index (χ1v) is 9.22. The minimum absolute atomic E-state index is 0.0432. The molecular weight excluding hydrogens is 404 g/mol. The highest BCUT2D eigenvalue weighted by atomic mass is 79.9. The summed E-state index contributed by atoms with van der Waals surface area (Å²) < 4.78 is 6.54. The third kappa shape index (κ3) is 4.33. The number of amides is 1. The minimum Gasteiger partial charge on any atom is -0.457 e. The normalized spacial score (nSPS) is 15.2. The summed E-state index contributed by atoms with van der Waals surface area (Å²) in [6.45, 7) is 0. The van der Waals surface area contributed by atoms with Crippen molar-refractivity contribution in [1.82, 2.24) is 5.32 Å². The molecule has 2 aromatic rings. The van der Waals surface area contributed by atoms with Gasteiger partial charge in [-0.3, -0.25) is 4.79 Å². The Balaban J connectivity index is 1.77. The van der Waals surface area contributed by atoms with Crippen LogP contribution < -0.4 is 5.32 Å². The third-order valence-electron chi connectivity index (χ3n) is 4.17. The van der Waals surface area contributed by atoms with Crippen LogP contribution in [0.3, 0.4) is 0 Å². The molecule has 0 atom stereocenters. The van der Waals surface area contributed by atoms with Gasteiger partial charge in [-0.15, -0.1) is 0 Å². The molecule has 0 unspecified atom stereocenters. The number of furan rings is 1. The van der Waals surface area contributed by atoms with Gasteiger partial charge in [0, 0.05) is 22.2 Å². The van der Waals surface area contributed by atoms with Gasteiger partial charge in [0.05, 0.1) is 5.02 Å². The summed E-state index contributed by atoms with van der Waals surface area (Å²) in [5.74, 6) is 0.723. The van der Waals surface area contributed by atoms with Gasteiger partial charge >= 0.3 is 0 Å². The number of nitriles is 1. The van der Waals surface area contributed by atoms with Crippen LogP contribution in [0.5, 0.6) is 0 Å². The summed E-state index contributed by atoms with van der Waals surface area (Å²) in [5.41, 5.74) is 0.864. The van der Waals surface area contributed by atoms with Crippen molar-refractivity contribution < 1.29 is 9.21 Å². The van der Waals surface area contributed by atoms with Crippen molar-refractivity contribution in [2.24, 2.45) is 0 Å². The number of benzene rings is 1. The van der Waals surface area contributed by atoms with Crippen LogP contribution in [0.2, 0.25) is 5.02 Å². The molecule has 4 nitrogen and oxygen atoms in total. The Hall–Kier alpha value is -2.03. The number of hydrogen-bond donors (Lipinski definition) is 1. The summed E-state index contributed by atoms with van der Waals surface area (Å²) in [5, 5.41) is 12.8. The smallest absolute Gasteiger partial charge is 0.262 e. The maximum absolute atomic E-state index is 12.2. The van der Waals surface area contributed by atoms with Gasteiger partial charge in [-0.1, -0.05) is 30.5 Å². The van der Waals surface area contributed by atoms with Gasteiger partial charge in [0.25, 0.3) is 5.91 Å². The fourth-order valence-electron chi connectivity index (χ4n) is 2.86. The molecule has 1 saturated carbocycles. The van der Waals surface area contributed by atoms with Crippen molar-refractivity contribution in [1.29, 1.82) is 5.26 Å². The zero-order valence-corrected chi connectivity index (χ0v) is 15.7. The van der Waals surface area contributed by atoms with Gasteiger partial charge in [-0.05, 0) is 53.0 Å². The van der Waals surface area contributed by atoms with E-state index in [0.29, 0.717) is 16.5 Å². The molecule has 6 heteroatoms. The number of hydrogen-bond acceptors (Lipinski definition) is 3. The second-order valence-electron chi connectivity index (χ2n) is 5.96. The van der Waals surface area contributed by atoms with Crippen molar-refractivity contribution in [3.8, 4) is 17.4 Å². The van der Waals surface area contributed by atoms with Gasteiger partial charge in [0.1, 0.15) is 23.2 Å². The Kier molecular flexibility index (Phi) is 5.62. The van der Waals surface area contributed by atoms with Crippen LogP contribution in [0.1, 0.15) is 31.4 Å². The maximum atomic E-state index is 12.2. The van der Waals surface area contributed by atoms with Crippen LogP contribution in [0.25, 0.3) is 17.4 Å². The van der Waals surface area contributed by atoms with E-state index in [0.717, 1.165) is 35.7 Å². The number of nitrogens with one attached hydrogen (secondary N) is 1. The predicted octanol–water partition coefficient (Wildman–Crippen LogP) is 5.33. The van der Waals surface area contributed by atoms with E-state index in [1.165, 1.54) is 6.08 Å². The van der Waals surface area contributed by atoms with Gasteiger partial charge in [-0.25, -0.2) is 0 Å². The SMILES string of the molecule is N#C/C(=C/c1ccc(-c2ccc(Br)c(Cl)c2)o1)C(=O)NC1CCCC1. The van der Waals surface area contributed by atoms with Crippen LogP contribution in [0.4, 0.5) is 0 Å². The summed E-state index contributed by atoms with van der Waals surface area (Å²) >= 11 is 9.45. The van der Waals surface area contributed by atoms with E-state index in [9.17, 15) is 10.1 Å². The molecule has 0 bridgehead atoms. The fraction of sp³-hybridized carbons (Fsp3) is 0.263. The van der Waals surface area contributed by atoms with Gasteiger partial charge in [-0.2, -0.15) is 5.26 Å². The second-order valence-corrected chi connectivity index (χ2v) is 7.22. The molecule has 1 heterocycles. The zero-order valence-electron chi connectivity index (χ0n) is 13.4. The average Bonchev–Trinajstić information content (AvgIpc) is 3.27. The zero-order chi connectivity index (χ0) is 17.8. The molecule has 0 aliphatic heterocycles. The Bertz CT molecular complexity index is 861. The van der Waals surface area contributed by atoms with Crippen LogP contribution in [-0.2, 0) is 4.79 Å². The number of halogens is 2. The van der Waals surface area contributed by atoms with Crippen molar-refractivity contribution in [3.63, 3.8) is 0 Å². The van der Waals surface area contributed by atoms with Crippen LogP contribution in [-0.4, -0.2) is 11.9 Å². The molecular formula is C19H16BrClN2O2. The molecule has 0 saturated heterocycles. The Morgan fingerprint density at radius 2 is 2.08 bits per heavy atom. The summed E-state index contributed by atoms with van der Waals surface area (Å²) in [7, 11) is 0. The molecule has 1 aliphatic carbocycles. The standard InChI is InChI=1S/C19H16BrClN2O2/c20-16-7-5-12(10-17(16)21)18-8-6-15(25-18)9-13(11-22)19(24)23-14-3-1-2-4-14/h5-10,14H,1-4H2,(H,23,24)/b13-9-. The fourth-order valence-corrected chi connectivity index (χ4v) is 3.29. The Morgan fingerprint density at radius 1 is 1.32 bits per heavy atom. The number of carbonyl (C=O) groups excluding carboxylic acids is 1. The van der Waals surface area contributed by atoms with Crippen LogP contribution >= 0.6 is 27.5 Å². The van der Waals surface area contributed by atoms with Crippen molar-refractivity contribution >= 4 is 39.5 Å². The highest BCUT2D eigenvalue weighted by Crippen LogP contribution is 2.30.